The Labute approximate surface area is 108 Å². The van der Waals surface area contributed by atoms with E-state index in [1.807, 2.05) is 38.1 Å². The Morgan fingerprint density at radius 1 is 1.33 bits per heavy atom. The fourth-order valence-electron chi connectivity index (χ4n) is 1.60. The molecule has 1 aromatic rings. The van der Waals surface area contributed by atoms with Gasteiger partial charge in [-0.1, -0.05) is 24.3 Å². The van der Waals surface area contributed by atoms with Crippen molar-refractivity contribution in [2.75, 3.05) is 13.2 Å². The largest absolute Gasteiger partial charge is 0.481 e. The second-order valence-electron chi connectivity index (χ2n) is 4.12. The maximum Gasteiger partial charge on any atom is 0.307 e. The minimum absolute atomic E-state index is 0.00262. The summed E-state index contributed by atoms with van der Waals surface area (Å²) in [5.74, 6) is -0.829. The van der Waals surface area contributed by atoms with E-state index in [0.717, 1.165) is 11.1 Å². The molecule has 4 heteroatoms. The van der Waals surface area contributed by atoms with Crippen LogP contribution >= 0.6 is 0 Å². The molecule has 1 aromatic carbocycles. The van der Waals surface area contributed by atoms with Crippen LogP contribution in [-0.4, -0.2) is 30.4 Å². The average Bonchev–Trinajstić information content (AvgIpc) is 2.34. The molecule has 100 valence electrons. The quantitative estimate of drug-likeness (QED) is 0.771. The van der Waals surface area contributed by atoms with Gasteiger partial charge in [0.1, 0.15) is 0 Å². The van der Waals surface area contributed by atoms with Crippen molar-refractivity contribution >= 4 is 5.97 Å². The van der Waals surface area contributed by atoms with Crippen molar-refractivity contribution in [3.63, 3.8) is 0 Å². The van der Waals surface area contributed by atoms with Crippen molar-refractivity contribution in [2.24, 2.45) is 0 Å². The Balaban J connectivity index is 2.53. The number of ether oxygens (including phenoxy) is 2. The highest BCUT2D eigenvalue weighted by Crippen LogP contribution is 2.12. The third kappa shape index (κ3) is 5.29. The van der Waals surface area contributed by atoms with Crippen molar-refractivity contribution in [3.8, 4) is 0 Å². The first-order chi connectivity index (χ1) is 8.63. The van der Waals surface area contributed by atoms with Gasteiger partial charge in [-0.3, -0.25) is 4.79 Å². The summed E-state index contributed by atoms with van der Waals surface area (Å²) in [5, 5.41) is 8.82. The van der Waals surface area contributed by atoms with Crippen LogP contribution in [0.5, 0.6) is 0 Å². The molecule has 0 spiro atoms. The summed E-state index contributed by atoms with van der Waals surface area (Å²) >= 11 is 0. The van der Waals surface area contributed by atoms with Crippen LogP contribution in [0.1, 0.15) is 25.0 Å². The van der Waals surface area contributed by atoms with E-state index in [2.05, 4.69) is 0 Å². The fraction of sp³-hybridized carbons (Fsp3) is 0.500. The second kappa shape index (κ2) is 7.84. The fourth-order valence-corrected chi connectivity index (χ4v) is 1.60. The molecule has 0 aromatic heterocycles. The van der Waals surface area contributed by atoms with Crippen LogP contribution in [0.15, 0.2) is 24.3 Å². The predicted molar refractivity (Wildman–Crippen MR) is 68.5 cm³/mol. The van der Waals surface area contributed by atoms with Gasteiger partial charge < -0.3 is 14.6 Å². The van der Waals surface area contributed by atoms with Crippen LogP contribution in [0.2, 0.25) is 0 Å². The van der Waals surface area contributed by atoms with E-state index in [1.165, 1.54) is 0 Å². The van der Waals surface area contributed by atoms with Gasteiger partial charge in [0.15, 0.2) is 0 Å². The van der Waals surface area contributed by atoms with E-state index in [1.54, 1.807) is 0 Å². The van der Waals surface area contributed by atoms with Gasteiger partial charge in [-0.05, 0) is 25.0 Å². The second-order valence-corrected chi connectivity index (χ2v) is 4.12. The summed E-state index contributed by atoms with van der Waals surface area (Å²) < 4.78 is 10.9. The maximum absolute atomic E-state index is 10.7. The topological polar surface area (TPSA) is 55.8 Å². The molecular formula is C14H20O4. The summed E-state index contributed by atoms with van der Waals surface area (Å²) in [7, 11) is 0. The van der Waals surface area contributed by atoms with Gasteiger partial charge in [-0.2, -0.15) is 0 Å². The number of aliphatic carboxylic acids is 1. The van der Waals surface area contributed by atoms with Crippen LogP contribution in [0.3, 0.4) is 0 Å². The first kappa shape index (κ1) is 14.7. The van der Waals surface area contributed by atoms with Gasteiger partial charge in [0.05, 0.1) is 25.7 Å². The summed E-state index contributed by atoms with van der Waals surface area (Å²) in [6.07, 6.45) is 0.0298. The van der Waals surface area contributed by atoms with E-state index in [0.29, 0.717) is 19.8 Å². The Bertz CT molecular complexity index is 376. The number of carbonyl (C=O) groups is 1. The monoisotopic (exact) mass is 252 g/mol. The lowest BCUT2D eigenvalue weighted by Crippen LogP contribution is -2.16. The van der Waals surface area contributed by atoms with Crippen molar-refractivity contribution in [2.45, 2.75) is 33.0 Å². The number of carboxylic acids is 1. The average molecular weight is 252 g/mol. The Kier molecular flexibility index (Phi) is 6.39. The molecule has 0 fully saturated rings. The van der Waals surface area contributed by atoms with Crippen LogP contribution in [0, 0.1) is 0 Å². The molecule has 4 nitrogen and oxygen atoms in total. The molecule has 0 aliphatic carbocycles. The van der Waals surface area contributed by atoms with Gasteiger partial charge in [0.25, 0.3) is 0 Å². The molecule has 0 aliphatic heterocycles. The Morgan fingerprint density at radius 2 is 2.00 bits per heavy atom. The minimum atomic E-state index is -0.829. The van der Waals surface area contributed by atoms with E-state index in [4.69, 9.17) is 14.6 Å². The molecule has 18 heavy (non-hydrogen) atoms. The smallest absolute Gasteiger partial charge is 0.307 e. The molecule has 1 unspecified atom stereocenters. The predicted octanol–water partition coefficient (Wildman–Crippen LogP) is 2.26. The van der Waals surface area contributed by atoms with Crippen molar-refractivity contribution < 1.29 is 19.4 Å². The molecule has 0 bridgehead atoms. The molecule has 0 saturated carbocycles. The van der Waals surface area contributed by atoms with Crippen LogP contribution < -0.4 is 0 Å². The summed E-state index contributed by atoms with van der Waals surface area (Å²) in [6.45, 7) is 5.52. The molecule has 1 atom stereocenters. The van der Waals surface area contributed by atoms with E-state index in [9.17, 15) is 4.79 Å². The summed E-state index contributed by atoms with van der Waals surface area (Å²) in [4.78, 5) is 10.7. The number of hydrogen-bond acceptors (Lipinski definition) is 3. The first-order valence-corrected chi connectivity index (χ1v) is 6.11. The third-order valence-electron chi connectivity index (χ3n) is 2.54. The van der Waals surface area contributed by atoms with E-state index in [-0.39, 0.29) is 12.5 Å². The zero-order valence-electron chi connectivity index (χ0n) is 10.9. The standard InChI is InChI=1S/C14H20O4/c1-3-17-9-11(2)18-10-13-7-5-4-6-12(13)8-14(15)16/h4-7,11H,3,8-10H2,1-2H3,(H,15,16). The molecule has 0 aliphatic rings. The Morgan fingerprint density at radius 3 is 2.61 bits per heavy atom. The first-order valence-electron chi connectivity index (χ1n) is 6.11. The molecule has 0 heterocycles. The number of benzene rings is 1. The van der Waals surface area contributed by atoms with E-state index < -0.39 is 5.97 Å². The van der Waals surface area contributed by atoms with Crippen molar-refractivity contribution in [3.05, 3.63) is 35.4 Å². The molecule has 1 N–H and O–H groups in total. The molecular weight excluding hydrogens is 232 g/mol. The van der Waals surface area contributed by atoms with Crippen molar-refractivity contribution in [1.82, 2.24) is 0 Å². The lowest BCUT2D eigenvalue weighted by Gasteiger charge is -2.14. The Hall–Kier alpha value is -1.39. The van der Waals surface area contributed by atoms with Gasteiger partial charge in [0.2, 0.25) is 0 Å². The molecule has 0 amide bonds. The van der Waals surface area contributed by atoms with E-state index >= 15 is 0 Å². The van der Waals surface area contributed by atoms with Crippen LogP contribution in [0.25, 0.3) is 0 Å². The zero-order valence-corrected chi connectivity index (χ0v) is 10.9. The number of rotatable bonds is 8. The highest BCUT2D eigenvalue weighted by atomic mass is 16.5. The van der Waals surface area contributed by atoms with Gasteiger partial charge in [0, 0.05) is 6.61 Å². The van der Waals surface area contributed by atoms with Gasteiger partial charge >= 0.3 is 5.97 Å². The molecule has 0 radical (unpaired) electrons. The zero-order chi connectivity index (χ0) is 13.4. The lowest BCUT2D eigenvalue weighted by molar-refractivity contribution is -0.136. The number of carboxylic acid groups (broad SMARTS) is 1. The van der Waals surface area contributed by atoms with Crippen LogP contribution in [0.4, 0.5) is 0 Å². The molecule has 1 rings (SSSR count). The minimum Gasteiger partial charge on any atom is -0.481 e. The highest BCUT2D eigenvalue weighted by Gasteiger charge is 2.08. The summed E-state index contributed by atoms with van der Waals surface area (Å²) in [5.41, 5.74) is 1.72. The van der Waals surface area contributed by atoms with Crippen molar-refractivity contribution in [1.29, 1.82) is 0 Å². The summed E-state index contributed by atoms with van der Waals surface area (Å²) in [6, 6.07) is 7.44. The van der Waals surface area contributed by atoms with Gasteiger partial charge in [-0.15, -0.1) is 0 Å². The molecule has 0 saturated heterocycles. The SMILES string of the molecule is CCOCC(C)OCc1ccccc1CC(=O)O. The van der Waals surface area contributed by atoms with Gasteiger partial charge in [-0.25, -0.2) is 0 Å². The highest BCUT2D eigenvalue weighted by molar-refractivity contribution is 5.70. The normalized spacial score (nSPS) is 12.3. The third-order valence-corrected chi connectivity index (χ3v) is 2.54. The lowest BCUT2D eigenvalue weighted by atomic mass is 10.1. The van der Waals surface area contributed by atoms with Crippen LogP contribution in [-0.2, 0) is 27.3 Å². The number of hydrogen-bond donors (Lipinski definition) is 1. The maximum atomic E-state index is 10.7.